The molecule has 0 amide bonds. The summed E-state index contributed by atoms with van der Waals surface area (Å²) in [6.07, 6.45) is 2.58. The van der Waals surface area contributed by atoms with Gasteiger partial charge < -0.3 is 4.98 Å². The molecule has 102 valence electrons. The molecule has 19 heavy (non-hydrogen) atoms. The summed E-state index contributed by atoms with van der Waals surface area (Å²) in [6.45, 7) is 5.29. The molecular weight excluding hydrogens is 351 g/mol. The first-order chi connectivity index (χ1) is 8.75. The summed E-state index contributed by atoms with van der Waals surface area (Å²) in [5, 5.41) is 1.91. The van der Waals surface area contributed by atoms with Crippen molar-refractivity contribution in [3.05, 3.63) is 45.9 Å². The molecule has 2 heterocycles. The molecule has 1 fully saturated rings. The standard InChI is InChI=1S/C15H18N2O.HI/c1-11-14(10-17-8-4-5-9-17)12-6-2-3-7-13(12)15(18)16-11;/h2-3,6-7H,4-5,8-10H2,1H3,(H,16,18);1H. The van der Waals surface area contributed by atoms with Crippen LogP contribution in [0.25, 0.3) is 10.8 Å². The van der Waals surface area contributed by atoms with Gasteiger partial charge in [0.15, 0.2) is 0 Å². The summed E-state index contributed by atoms with van der Waals surface area (Å²) in [7, 11) is 0. The van der Waals surface area contributed by atoms with Crippen molar-refractivity contribution < 1.29 is 0 Å². The number of aromatic amines is 1. The molecule has 1 aromatic carbocycles. The van der Waals surface area contributed by atoms with Crippen molar-refractivity contribution in [1.29, 1.82) is 0 Å². The Labute approximate surface area is 130 Å². The number of fused-ring (bicyclic) bond motifs is 1. The highest BCUT2D eigenvalue weighted by atomic mass is 127. The number of H-pyrrole nitrogens is 1. The molecule has 3 nitrogen and oxygen atoms in total. The lowest BCUT2D eigenvalue weighted by Crippen LogP contribution is -2.21. The van der Waals surface area contributed by atoms with E-state index in [1.165, 1.54) is 31.5 Å². The second-order valence-corrected chi connectivity index (χ2v) is 5.09. The summed E-state index contributed by atoms with van der Waals surface area (Å²) in [5.74, 6) is 0. The molecule has 1 saturated heterocycles. The van der Waals surface area contributed by atoms with Crippen LogP contribution in [0.1, 0.15) is 24.1 Å². The predicted octanol–water partition coefficient (Wildman–Crippen LogP) is 3.05. The van der Waals surface area contributed by atoms with E-state index in [0.717, 1.165) is 23.0 Å². The normalized spacial score (nSPS) is 15.6. The van der Waals surface area contributed by atoms with Gasteiger partial charge in [0.25, 0.3) is 5.56 Å². The van der Waals surface area contributed by atoms with Crippen LogP contribution in [0, 0.1) is 6.92 Å². The van der Waals surface area contributed by atoms with E-state index in [-0.39, 0.29) is 29.5 Å². The highest BCUT2D eigenvalue weighted by Gasteiger charge is 2.15. The second-order valence-electron chi connectivity index (χ2n) is 5.09. The zero-order valence-electron chi connectivity index (χ0n) is 11.1. The highest BCUT2D eigenvalue weighted by Crippen LogP contribution is 2.21. The Kier molecular flexibility index (Phi) is 4.62. The number of nitrogens with zero attached hydrogens (tertiary/aromatic N) is 1. The number of halogens is 1. The smallest absolute Gasteiger partial charge is 0.256 e. The number of aryl methyl sites for hydroxylation is 1. The van der Waals surface area contributed by atoms with E-state index >= 15 is 0 Å². The van der Waals surface area contributed by atoms with Crippen molar-refractivity contribution in [2.45, 2.75) is 26.3 Å². The molecule has 1 aliphatic heterocycles. The Morgan fingerprint density at radius 1 is 1.16 bits per heavy atom. The van der Waals surface area contributed by atoms with E-state index in [1.807, 2.05) is 25.1 Å². The van der Waals surface area contributed by atoms with Crippen molar-refractivity contribution in [2.75, 3.05) is 13.1 Å². The van der Waals surface area contributed by atoms with Gasteiger partial charge in [0.1, 0.15) is 0 Å². The Bertz CT molecular complexity index is 630. The molecule has 3 rings (SSSR count). The van der Waals surface area contributed by atoms with Crippen LogP contribution in [0.15, 0.2) is 29.1 Å². The number of hydrogen-bond acceptors (Lipinski definition) is 2. The van der Waals surface area contributed by atoms with E-state index in [0.29, 0.717) is 0 Å². The van der Waals surface area contributed by atoms with Crippen LogP contribution in [-0.2, 0) is 6.54 Å². The third-order valence-corrected chi connectivity index (χ3v) is 3.83. The van der Waals surface area contributed by atoms with Crippen molar-refractivity contribution in [3.8, 4) is 0 Å². The number of aromatic nitrogens is 1. The maximum absolute atomic E-state index is 11.9. The Morgan fingerprint density at radius 3 is 2.47 bits per heavy atom. The third-order valence-electron chi connectivity index (χ3n) is 3.83. The maximum atomic E-state index is 11.9. The summed E-state index contributed by atoms with van der Waals surface area (Å²) < 4.78 is 0. The van der Waals surface area contributed by atoms with Gasteiger partial charge in [0, 0.05) is 17.6 Å². The summed E-state index contributed by atoms with van der Waals surface area (Å²) in [5.41, 5.74) is 2.30. The highest BCUT2D eigenvalue weighted by molar-refractivity contribution is 14.0. The van der Waals surface area contributed by atoms with Crippen LogP contribution in [0.3, 0.4) is 0 Å². The third kappa shape index (κ3) is 2.84. The summed E-state index contributed by atoms with van der Waals surface area (Å²) in [6, 6.07) is 7.89. The fourth-order valence-corrected chi connectivity index (χ4v) is 2.83. The van der Waals surface area contributed by atoms with Gasteiger partial charge >= 0.3 is 0 Å². The minimum Gasteiger partial charge on any atom is -0.326 e. The van der Waals surface area contributed by atoms with E-state index in [9.17, 15) is 4.79 Å². The number of nitrogens with one attached hydrogen (secondary N) is 1. The van der Waals surface area contributed by atoms with Crippen LogP contribution in [0.4, 0.5) is 0 Å². The van der Waals surface area contributed by atoms with E-state index < -0.39 is 0 Å². The van der Waals surface area contributed by atoms with Crippen LogP contribution in [-0.4, -0.2) is 23.0 Å². The zero-order valence-corrected chi connectivity index (χ0v) is 13.4. The van der Waals surface area contributed by atoms with Gasteiger partial charge in [-0.15, -0.1) is 24.0 Å². The van der Waals surface area contributed by atoms with Crippen molar-refractivity contribution in [2.24, 2.45) is 0 Å². The lowest BCUT2D eigenvalue weighted by Gasteiger charge is -2.17. The van der Waals surface area contributed by atoms with Crippen LogP contribution >= 0.6 is 24.0 Å². The number of pyridine rings is 1. The molecule has 0 saturated carbocycles. The number of hydrogen-bond donors (Lipinski definition) is 1. The molecule has 0 radical (unpaired) electrons. The van der Waals surface area contributed by atoms with Gasteiger partial charge in [-0.25, -0.2) is 0 Å². The molecule has 0 atom stereocenters. The molecule has 0 aliphatic carbocycles. The average molecular weight is 370 g/mol. The zero-order chi connectivity index (χ0) is 12.5. The maximum Gasteiger partial charge on any atom is 0.256 e. The molecule has 0 bridgehead atoms. The number of likely N-dealkylation sites (tertiary alicyclic amines) is 1. The van der Waals surface area contributed by atoms with Crippen LogP contribution in [0.2, 0.25) is 0 Å². The lowest BCUT2D eigenvalue weighted by molar-refractivity contribution is 0.331. The molecule has 1 aliphatic rings. The molecule has 1 aromatic heterocycles. The van der Waals surface area contributed by atoms with Crippen molar-refractivity contribution in [3.63, 3.8) is 0 Å². The minimum atomic E-state index is 0. The SMILES string of the molecule is Cc1[nH]c(=O)c2ccccc2c1CN1CCCC1.I. The first-order valence-electron chi connectivity index (χ1n) is 6.58. The Balaban J connectivity index is 0.00000133. The van der Waals surface area contributed by atoms with Gasteiger partial charge in [-0.1, -0.05) is 18.2 Å². The van der Waals surface area contributed by atoms with E-state index in [1.54, 1.807) is 0 Å². The molecule has 4 heteroatoms. The van der Waals surface area contributed by atoms with Gasteiger partial charge in [-0.3, -0.25) is 9.69 Å². The second kappa shape index (κ2) is 6.05. The fraction of sp³-hybridized carbons (Fsp3) is 0.400. The average Bonchev–Trinajstić information content (AvgIpc) is 2.87. The van der Waals surface area contributed by atoms with E-state index in [4.69, 9.17) is 0 Å². The van der Waals surface area contributed by atoms with Crippen molar-refractivity contribution in [1.82, 2.24) is 9.88 Å². The molecule has 0 unspecified atom stereocenters. The monoisotopic (exact) mass is 370 g/mol. The van der Waals surface area contributed by atoms with Gasteiger partial charge in [0.05, 0.1) is 0 Å². The first kappa shape index (κ1) is 14.5. The topological polar surface area (TPSA) is 36.1 Å². The Hall–Kier alpha value is -0.880. The predicted molar refractivity (Wildman–Crippen MR) is 89.2 cm³/mol. The summed E-state index contributed by atoms with van der Waals surface area (Å²) in [4.78, 5) is 17.4. The largest absolute Gasteiger partial charge is 0.326 e. The number of rotatable bonds is 2. The first-order valence-corrected chi connectivity index (χ1v) is 6.58. The lowest BCUT2D eigenvalue weighted by atomic mass is 10.0. The fourth-order valence-electron chi connectivity index (χ4n) is 2.83. The minimum absolute atomic E-state index is 0. The Morgan fingerprint density at radius 2 is 1.79 bits per heavy atom. The van der Waals surface area contributed by atoms with Crippen LogP contribution in [0.5, 0.6) is 0 Å². The van der Waals surface area contributed by atoms with Gasteiger partial charge in [0.2, 0.25) is 0 Å². The molecular formula is C15H19IN2O. The summed E-state index contributed by atoms with van der Waals surface area (Å²) >= 11 is 0. The van der Waals surface area contributed by atoms with Crippen molar-refractivity contribution >= 4 is 34.7 Å². The van der Waals surface area contributed by atoms with E-state index in [2.05, 4.69) is 16.0 Å². The molecule has 0 spiro atoms. The molecule has 2 aromatic rings. The van der Waals surface area contributed by atoms with Crippen LogP contribution < -0.4 is 5.56 Å². The molecule has 1 N–H and O–H groups in total. The number of benzene rings is 1. The van der Waals surface area contributed by atoms with Gasteiger partial charge in [-0.05, 0) is 49.9 Å². The quantitative estimate of drug-likeness (QED) is 0.825. The van der Waals surface area contributed by atoms with Gasteiger partial charge in [-0.2, -0.15) is 0 Å².